The summed E-state index contributed by atoms with van der Waals surface area (Å²) in [5.74, 6) is -0.153. The van der Waals surface area contributed by atoms with E-state index in [-0.39, 0.29) is 24.9 Å². The lowest BCUT2D eigenvalue weighted by atomic mass is 10.3. The first-order valence-corrected chi connectivity index (χ1v) is 6.87. The van der Waals surface area contributed by atoms with E-state index in [0.717, 1.165) is 21.7 Å². The standard InChI is InChI=1S/C9H20N4O3S.ClH/c1-11(2)17(15,16)12(3)8-9(14)13-6-4-10-5-7-13;/h10H,4-8H2,1-3H3;1H. The molecule has 0 saturated carbocycles. The molecule has 0 bridgehead atoms. The minimum Gasteiger partial charge on any atom is -0.339 e. The second-order valence-corrected chi connectivity index (χ2v) is 6.43. The van der Waals surface area contributed by atoms with Crippen molar-refractivity contribution >= 4 is 28.5 Å². The number of nitrogens with one attached hydrogen (secondary N) is 1. The Morgan fingerprint density at radius 1 is 1.22 bits per heavy atom. The largest absolute Gasteiger partial charge is 0.339 e. The summed E-state index contributed by atoms with van der Waals surface area (Å²) in [6.07, 6.45) is 0. The highest BCUT2D eigenvalue weighted by Crippen LogP contribution is 2.03. The lowest BCUT2D eigenvalue weighted by Gasteiger charge is -2.29. The minimum absolute atomic E-state index is 0. The molecular weight excluding hydrogens is 280 g/mol. The van der Waals surface area contributed by atoms with Gasteiger partial charge in [0, 0.05) is 47.3 Å². The van der Waals surface area contributed by atoms with Crippen molar-refractivity contribution in [1.29, 1.82) is 0 Å². The summed E-state index contributed by atoms with van der Waals surface area (Å²) in [4.78, 5) is 13.5. The lowest BCUT2D eigenvalue weighted by Crippen LogP contribution is -2.50. The molecule has 1 aliphatic heterocycles. The molecule has 0 aromatic heterocycles. The summed E-state index contributed by atoms with van der Waals surface area (Å²) in [7, 11) is 0.796. The van der Waals surface area contributed by atoms with E-state index < -0.39 is 10.2 Å². The van der Waals surface area contributed by atoms with Gasteiger partial charge >= 0.3 is 0 Å². The molecule has 108 valence electrons. The van der Waals surface area contributed by atoms with Crippen molar-refractivity contribution in [2.75, 3.05) is 53.9 Å². The molecule has 1 saturated heterocycles. The average Bonchev–Trinajstić information content (AvgIpc) is 2.29. The number of nitrogens with zero attached hydrogens (tertiary/aromatic N) is 3. The van der Waals surface area contributed by atoms with Crippen molar-refractivity contribution in [1.82, 2.24) is 18.8 Å². The van der Waals surface area contributed by atoms with Gasteiger partial charge in [-0.1, -0.05) is 0 Å². The maximum atomic E-state index is 11.9. The van der Waals surface area contributed by atoms with Crippen LogP contribution in [0.5, 0.6) is 0 Å². The highest BCUT2D eigenvalue weighted by Gasteiger charge is 2.25. The van der Waals surface area contributed by atoms with Crippen molar-refractivity contribution in [3.63, 3.8) is 0 Å². The molecule has 1 rings (SSSR count). The van der Waals surface area contributed by atoms with Crippen LogP contribution >= 0.6 is 12.4 Å². The molecule has 0 aliphatic carbocycles. The molecule has 1 amide bonds. The second kappa shape index (κ2) is 7.25. The molecule has 1 fully saturated rings. The summed E-state index contributed by atoms with van der Waals surface area (Å²) in [5.41, 5.74) is 0. The predicted molar refractivity (Wildman–Crippen MR) is 71.9 cm³/mol. The van der Waals surface area contributed by atoms with Crippen LogP contribution < -0.4 is 5.32 Å². The lowest BCUT2D eigenvalue weighted by molar-refractivity contribution is -0.131. The second-order valence-electron chi connectivity index (χ2n) is 4.18. The van der Waals surface area contributed by atoms with Crippen LogP contribution in [-0.2, 0) is 15.0 Å². The topological polar surface area (TPSA) is 73.0 Å². The molecule has 0 radical (unpaired) electrons. The van der Waals surface area contributed by atoms with E-state index in [2.05, 4.69) is 5.32 Å². The summed E-state index contributed by atoms with van der Waals surface area (Å²) in [6, 6.07) is 0. The fraction of sp³-hybridized carbons (Fsp3) is 0.889. The molecule has 18 heavy (non-hydrogen) atoms. The van der Waals surface area contributed by atoms with Crippen molar-refractivity contribution in [2.24, 2.45) is 0 Å². The van der Waals surface area contributed by atoms with E-state index in [4.69, 9.17) is 0 Å². The third-order valence-electron chi connectivity index (χ3n) is 2.68. The van der Waals surface area contributed by atoms with Crippen molar-refractivity contribution < 1.29 is 13.2 Å². The first-order chi connectivity index (χ1) is 7.85. The molecule has 0 unspecified atom stereocenters. The van der Waals surface area contributed by atoms with Gasteiger partial charge in [-0.25, -0.2) is 0 Å². The minimum atomic E-state index is -3.51. The SMILES string of the molecule is CN(C)S(=O)(=O)N(C)CC(=O)N1CCNCC1.Cl. The molecule has 0 atom stereocenters. The molecule has 1 N–H and O–H groups in total. The molecule has 0 spiro atoms. The average molecular weight is 301 g/mol. The van der Waals surface area contributed by atoms with Crippen LogP contribution in [0.4, 0.5) is 0 Å². The number of carbonyl (C=O) groups excluding carboxylic acids is 1. The quantitative estimate of drug-likeness (QED) is 0.691. The molecular formula is C9H21ClN4O3S. The summed E-state index contributed by atoms with van der Waals surface area (Å²) < 4.78 is 25.6. The van der Waals surface area contributed by atoms with Crippen LogP contribution in [-0.4, -0.2) is 81.7 Å². The third kappa shape index (κ3) is 4.36. The van der Waals surface area contributed by atoms with Crippen LogP contribution in [0.25, 0.3) is 0 Å². The summed E-state index contributed by atoms with van der Waals surface area (Å²) in [6.45, 7) is 2.68. The zero-order valence-electron chi connectivity index (χ0n) is 10.9. The normalized spacial score (nSPS) is 16.8. The van der Waals surface area contributed by atoms with Gasteiger partial charge in [-0.3, -0.25) is 4.79 Å². The van der Waals surface area contributed by atoms with E-state index in [1.54, 1.807) is 4.90 Å². The van der Waals surface area contributed by atoms with E-state index >= 15 is 0 Å². The summed E-state index contributed by atoms with van der Waals surface area (Å²) >= 11 is 0. The van der Waals surface area contributed by atoms with Gasteiger partial charge in [0.25, 0.3) is 10.2 Å². The van der Waals surface area contributed by atoms with Gasteiger partial charge < -0.3 is 10.2 Å². The van der Waals surface area contributed by atoms with Crippen LogP contribution in [0.3, 0.4) is 0 Å². The zero-order chi connectivity index (χ0) is 13.1. The maximum Gasteiger partial charge on any atom is 0.281 e. The number of hydrogen-bond acceptors (Lipinski definition) is 4. The van der Waals surface area contributed by atoms with Gasteiger partial charge in [-0.05, 0) is 0 Å². The number of hydrogen-bond donors (Lipinski definition) is 1. The van der Waals surface area contributed by atoms with Crippen molar-refractivity contribution in [2.45, 2.75) is 0 Å². The molecule has 1 aliphatic rings. The molecule has 7 nitrogen and oxygen atoms in total. The van der Waals surface area contributed by atoms with Crippen LogP contribution in [0.1, 0.15) is 0 Å². The first kappa shape index (κ1) is 17.6. The monoisotopic (exact) mass is 300 g/mol. The number of amides is 1. The zero-order valence-corrected chi connectivity index (χ0v) is 12.6. The van der Waals surface area contributed by atoms with E-state index in [1.807, 2.05) is 0 Å². The maximum absolute atomic E-state index is 11.9. The fourth-order valence-corrected chi connectivity index (χ4v) is 2.40. The van der Waals surface area contributed by atoms with Crippen LogP contribution in [0, 0.1) is 0 Å². The number of rotatable bonds is 4. The van der Waals surface area contributed by atoms with Gasteiger partial charge in [0.1, 0.15) is 0 Å². The molecule has 1 heterocycles. The Kier molecular flexibility index (Phi) is 7.08. The molecule has 0 aromatic carbocycles. The van der Waals surface area contributed by atoms with Crippen molar-refractivity contribution in [3.05, 3.63) is 0 Å². The number of halogens is 1. The Morgan fingerprint density at radius 2 is 1.72 bits per heavy atom. The van der Waals surface area contributed by atoms with Gasteiger partial charge in [0.15, 0.2) is 0 Å². The Labute approximate surface area is 115 Å². The highest BCUT2D eigenvalue weighted by atomic mass is 35.5. The van der Waals surface area contributed by atoms with Gasteiger partial charge in [-0.2, -0.15) is 17.0 Å². The molecule has 9 heteroatoms. The third-order valence-corrected chi connectivity index (χ3v) is 4.52. The summed E-state index contributed by atoms with van der Waals surface area (Å²) in [5, 5.41) is 3.14. The number of carbonyl (C=O) groups is 1. The van der Waals surface area contributed by atoms with Crippen LogP contribution in [0.15, 0.2) is 0 Å². The first-order valence-electron chi connectivity index (χ1n) is 5.48. The Balaban J connectivity index is 0.00000289. The highest BCUT2D eigenvalue weighted by molar-refractivity contribution is 7.86. The fourth-order valence-electron chi connectivity index (χ4n) is 1.57. The van der Waals surface area contributed by atoms with Gasteiger partial charge in [-0.15, -0.1) is 12.4 Å². The van der Waals surface area contributed by atoms with E-state index in [0.29, 0.717) is 13.1 Å². The smallest absolute Gasteiger partial charge is 0.281 e. The number of likely N-dealkylation sites (N-methyl/N-ethyl adjacent to an activating group) is 1. The Morgan fingerprint density at radius 3 is 2.17 bits per heavy atom. The molecule has 0 aromatic rings. The Bertz CT molecular complexity index is 368. The van der Waals surface area contributed by atoms with E-state index in [9.17, 15) is 13.2 Å². The van der Waals surface area contributed by atoms with Crippen molar-refractivity contribution in [3.8, 4) is 0 Å². The van der Waals surface area contributed by atoms with Gasteiger partial charge in [0.2, 0.25) is 5.91 Å². The Hall–Kier alpha value is -0.410. The van der Waals surface area contributed by atoms with Crippen LogP contribution in [0.2, 0.25) is 0 Å². The van der Waals surface area contributed by atoms with E-state index in [1.165, 1.54) is 21.1 Å². The number of piperazine rings is 1. The predicted octanol–water partition coefficient (Wildman–Crippen LogP) is -1.42. The van der Waals surface area contributed by atoms with Gasteiger partial charge in [0.05, 0.1) is 6.54 Å².